The minimum atomic E-state index is 0.00248. The summed E-state index contributed by atoms with van der Waals surface area (Å²) >= 11 is 0. The van der Waals surface area contributed by atoms with Gasteiger partial charge in [0.1, 0.15) is 0 Å². The van der Waals surface area contributed by atoms with Crippen molar-refractivity contribution in [3.8, 4) is 33.4 Å². The second-order valence-electron chi connectivity index (χ2n) is 15.5. The van der Waals surface area contributed by atoms with Crippen LogP contribution in [-0.4, -0.2) is 0 Å². The summed E-state index contributed by atoms with van der Waals surface area (Å²) in [6.07, 6.45) is 24.7. The van der Waals surface area contributed by atoms with Crippen molar-refractivity contribution in [2.45, 2.75) is 149 Å². The van der Waals surface area contributed by atoms with Crippen LogP contribution in [-0.2, 0) is 5.41 Å². The summed E-state index contributed by atoms with van der Waals surface area (Å²) in [4.78, 5) is 0. The standard InChI is InChI=1S/C49H66/c1-5-7-9-11-13-15-17-21-27-39(3)49(40(4)28-22-18-16-14-12-10-8-6-2)47-37-43(41-29-23-19-24-30-41)33-35-45(47)46-36-34-44(38-48(46)49)42-31-25-20-26-32-42/h19-20,23-26,29-40H,5-18,21-22,27-28H2,1-4H3. The van der Waals surface area contributed by atoms with E-state index in [0.29, 0.717) is 11.8 Å². The molecule has 0 radical (unpaired) electrons. The second-order valence-corrected chi connectivity index (χ2v) is 15.5. The van der Waals surface area contributed by atoms with Gasteiger partial charge in [0.15, 0.2) is 0 Å². The van der Waals surface area contributed by atoms with Crippen LogP contribution in [0.3, 0.4) is 0 Å². The lowest BCUT2D eigenvalue weighted by molar-refractivity contribution is 0.216. The second kappa shape index (κ2) is 19.3. The maximum atomic E-state index is 2.62. The molecule has 0 heterocycles. The first-order chi connectivity index (χ1) is 24.1. The highest BCUT2D eigenvalue weighted by Crippen LogP contribution is 2.59. The predicted molar refractivity (Wildman–Crippen MR) is 216 cm³/mol. The van der Waals surface area contributed by atoms with Crippen molar-refractivity contribution in [3.05, 3.63) is 108 Å². The van der Waals surface area contributed by atoms with E-state index < -0.39 is 0 Å². The highest BCUT2D eigenvalue weighted by atomic mass is 14.5. The molecule has 0 spiro atoms. The molecule has 4 aromatic carbocycles. The van der Waals surface area contributed by atoms with Gasteiger partial charge in [-0.05, 0) is 81.3 Å². The number of hydrogen-bond acceptors (Lipinski definition) is 0. The van der Waals surface area contributed by atoms with E-state index in [-0.39, 0.29) is 5.41 Å². The fourth-order valence-corrected chi connectivity index (χ4v) is 9.18. The van der Waals surface area contributed by atoms with E-state index >= 15 is 0 Å². The van der Waals surface area contributed by atoms with Crippen LogP contribution >= 0.6 is 0 Å². The molecule has 0 nitrogen and oxygen atoms in total. The topological polar surface area (TPSA) is 0 Å². The van der Waals surface area contributed by atoms with Gasteiger partial charge in [-0.1, -0.05) is 215 Å². The maximum Gasteiger partial charge on any atom is 0.0266 e. The maximum absolute atomic E-state index is 2.62. The normalized spacial score (nSPS) is 14.4. The van der Waals surface area contributed by atoms with E-state index in [0.717, 1.165) is 0 Å². The van der Waals surface area contributed by atoms with Crippen LogP contribution in [0.15, 0.2) is 97.1 Å². The first-order valence-corrected chi connectivity index (χ1v) is 20.5. The Labute approximate surface area is 301 Å². The molecule has 0 amide bonds. The lowest BCUT2D eigenvalue weighted by atomic mass is 9.59. The number of hydrogen-bond donors (Lipinski definition) is 0. The van der Waals surface area contributed by atoms with E-state index in [1.54, 1.807) is 11.1 Å². The molecule has 1 aliphatic carbocycles. The molecule has 4 aromatic rings. The molecule has 0 bridgehead atoms. The van der Waals surface area contributed by atoms with Gasteiger partial charge in [0, 0.05) is 5.41 Å². The van der Waals surface area contributed by atoms with Crippen molar-refractivity contribution in [2.75, 3.05) is 0 Å². The Morgan fingerprint density at radius 1 is 0.388 bits per heavy atom. The van der Waals surface area contributed by atoms with Crippen LogP contribution in [0.4, 0.5) is 0 Å². The Morgan fingerprint density at radius 2 is 0.735 bits per heavy atom. The summed E-state index contributed by atoms with van der Waals surface area (Å²) in [5.74, 6) is 1.13. The highest BCUT2D eigenvalue weighted by molar-refractivity contribution is 5.86. The number of fused-ring (bicyclic) bond motifs is 3. The lowest BCUT2D eigenvalue weighted by Crippen LogP contribution is -2.40. The predicted octanol–water partition coefficient (Wildman–Crippen LogP) is 15.6. The number of unbranched alkanes of at least 4 members (excludes halogenated alkanes) is 14. The average Bonchev–Trinajstić information content (AvgIpc) is 3.44. The summed E-state index contributed by atoms with van der Waals surface area (Å²) in [6.45, 7) is 9.87. The molecular weight excluding hydrogens is 589 g/mol. The summed E-state index contributed by atoms with van der Waals surface area (Å²) in [6, 6.07) is 37.1. The molecule has 0 aromatic heterocycles. The Balaban J connectivity index is 1.49. The molecule has 0 fully saturated rings. The van der Waals surface area contributed by atoms with E-state index in [1.807, 2.05) is 0 Å². The van der Waals surface area contributed by atoms with Crippen LogP contribution in [0.2, 0.25) is 0 Å². The molecule has 0 aliphatic heterocycles. The summed E-state index contributed by atoms with van der Waals surface area (Å²) < 4.78 is 0. The number of rotatable bonds is 22. The van der Waals surface area contributed by atoms with Crippen molar-refractivity contribution in [3.63, 3.8) is 0 Å². The zero-order chi connectivity index (χ0) is 34.3. The zero-order valence-electron chi connectivity index (χ0n) is 31.6. The van der Waals surface area contributed by atoms with E-state index in [9.17, 15) is 0 Å². The smallest absolute Gasteiger partial charge is 0.0266 e. The molecule has 0 saturated carbocycles. The summed E-state index contributed by atoms with van der Waals surface area (Å²) in [7, 11) is 0. The molecule has 0 N–H and O–H groups in total. The minimum Gasteiger partial charge on any atom is -0.0654 e. The first-order valence-electron chi connectivity index (χ1n) is 20.5. The third-order valence-corrected chi connectivity index (χ3v) is 12.0. The Kier molecular flexibility index (Phi) is 14.6. The van der Waals surface area contributed by atoms with E-state index in [2.05, 4.69) is 125 Å². The van der Waals surface area contributed by atoms with Crippen LogP contribution in [0.25, 0.3) is 33.4 Å². The number of benzene rings is 4. The van der Waals surface area contributed by atoms with Gasteiger partial charge in [-0.2, -0.15) is 0 Å². The first kappa shape index (κ1) is 37.1. The quantitative estimate of drug-likeness (QED) is 0.0740. The van der Waals surface area contributed by atoms with E-state index in [4.69, 9.17) is 0 Å². The van der Waals surface area contributed by atoms with Gasteiger partial charge >= 0.3 is 0 Å². The van der Waals surface area contributed by atoms with Crippen molar-refractivity contribution < 1.29 is 0 Å². The fourth-order valence-electron chi connectivity index (χ4n) is 9.18. The van der Waals surface area contributed by atoms with Gasteiger partial charge in [0.2, 0.25) is 0 Å². The monoisotopic (exact) mass is 655 g/mol. The largest absolute Gasteiger partial charge is 0.0654 e. The van der Waals surface area contributed by atoms with Gasteiger partial charge in [0.05, 0.1) is 0 Å². The van der Waals surface area contributed by atoms with Crippen LogP contribution in [0.5, 0.6) is 0 Å². The van der Waals surface area contributed by atoms with E-state index in [1.165, 1.54) is 149 Å². The Hall–Kier alpha value is -3.12. The Bertz CT molecular complexity index is 1400. The van der Waals surface area contributed by atoms with Gasteiger partial charge in [0.25, 0.3) is 0 Å². The van der Waals surface area contributed by atoms with Gasteiger partial charge in [-0.3, -0.25) is 0 Å². The lowest BCUT2D eigenvalue weighted by Gasteiger charge is -2.44. The van der Waals surface area contributed by atoms with Crippen LogP contribution < -0.4 is 0 Å². The van der Waals surface area contributed by atoms with Gasteiger partial charge in [-0.15, -0.1) is 0 Å². The molecule has 0 heteroatoms. The van der Waals surface area contributed by atoms with Crippen molar-refractivity contribution in [1.29, 1.82) is 0 Å². The third-order valence-electron chi connectivity index (χ3n) is 12.0. The van der Waals surface area contributed by atoms with Crippen LogP contribution in [0.1, 0.15) is 154 Å². The molecule has 5 rings (SSSR count). The molecule has 0 saturated heterocycles. The highest BCUT2D eigenvalue weighted by Gasteiger charge is 2.50. The average molecular weight is 655 g/mol. The molecule has 1 aliphatic rings. The Morgan fingerprint density at radius 3 is 1.10 bits per heavy atom. The zero-order valence-corrected chi connectivity index (χ0v) is 31.6. The van der Waals surface area contributed by atoms with Crippen LogP contribution in [0, 0.1) is 11.8 Å². The molecule has 2 unspecified atom stereocenters. The minimum absolute atomic E-state index is 0.00248. The van der Waals surface area contributed by atoms with Crippen molar-refractivity contribution >= 4 is 0 Å². The SMILES string of the molecule is CCCCCCCCCCC(C)C1(C(C)CCCCCCCCCC)c2cc(-c3ccccc3)ccc2-c2ccc(-c3ccccc3)cc21. The summed E-state index contributed by atoms with van der Waals surface area (Å²) in [5, 5.41) is 0. The molecule has 2 atom stereocenters. The fraction of sp³-hybridized carbons (Fsp3) is 0.510. The third kappa shape index (κ3) is 9.17. The summed E-state index contributed by atoms with van der Waals surface area (Å²) in [5.41, 5.74) is 11.5. The van der Waals surface area contributed by atoms with Crippen molar-refractivity contribution in [1.82, 2.24) is 0 Å². The molecular formula is C49H66. The molecule has 262 valence electrons. The van der Waals surface area contributed by atoms with Crippen molar-refractivity contribution in [2.24, 2.45) is 11.8 Å². The van der Waals surface area contributed by atoms with Gasteiger partial charge in [-0.25, -0.2) is 0 Å². The molecule has 49 heavy (non-hydrogen) atoms. The van der Waals surface area contributed by atoms with Gasteiger partial charge < -0.3 is 0 Å².